The van der Waals surface area contributed by atoms with Crippen molar-refractivity contribution in [2.24, 2.45) is 0 Å². The molecule has 3 aromatic rings. The summed E-state index contributed by atoms with van der Waals surface area (Å²) in [5.74, 6) is -0.318. The average molecular weight is 305 g/mol. The molecular formula is C18H15N3O2. The molecule has 3 rings (SSSR count). The number of aryl methyl sites for hydroxylation is 1. The molecule has 2 N–H and O–H groups in total. The molecule has 2 aromatic carbocycles. The molecule has 114 valence electrons. The number of carboxylic acids is 1. The van der Waals surface area contributed by atoms with Crippen molar-refractivity contribution in [3.05, 3.63) is 71.9 Å². The van der Waals surface area contributed by atoms with Crippen molar-refractivity contribution < 1.29 is 9.90 Å². The first-order valence-corrected chi connectivity index (χ1v) is 7.13. The van der Waals surface area contributed by atoms with Gasteiger partial charge < -0.3 is 10.4 Å². The predicted octanol–water partition coefficient (Wildman–Crippen LogP) is 3.89. The Labute approximate surface area is 133 Å². The van der Waals surface area contributed by atoms with Crippen LogP contribution in [-0.4, -0.2) is 21.0 Å². The minimum absolute atomic E-state index is 0.0321. The van der Waals surface area contributed by atoms with E-state index in [9.17, 15) is 9.90 Å². The predicted molar refractivity (Wildman–Crippen MR) is 88.9 cm³/mol. The third-order valence-electron chi connectivity index (χ3n) is 3.37. The van der Waals surface area contributed by atoms with E-state index in [1.54, 1.807) is 0 Å². The van der Waals surface area contributed by atoms with Gasteiger partial charge in [0.25, 0.3) is 0 Å². The number of carboxylic acid groups (broad SMARTS) is 1. The van der Waals surface area contributed by atoms with Gasteiger partial charge in [0.05, 0.1) is 0 Å². The molecule has 0 saturated carbocycles. The summed E-state index contributed by atoms with van der Waals surface area (Å²) in [7, 11) is 0. The van der Waals surface area contributed by atoms with Crippen molar-refractivity contribution in [3.63, 3.8) is 0 Å². The number of anilines is 2. The molecule has 5 heteroatoms. The lowest BCUT2D eigenvalue weighted by Gasteiger charge is -2.10. The summed E-state index contributed by atoms with van der Waals surface area (Å²) in [6, 6.07) is 17.1. The molecule has 0 aliphatic carbocycles. The second kappa shape index (κ2) is 6.27. The van der Waals surface area contributed by atoms with Gasteiger partial charge >= 0.3 is 5.97 Å². The SMILES string of the molecule is Cc1ccc(-c2ncc(C(=O)O)c(Nc3ccccc3)n2)cc1. The number of aromatic carboxylic acids is 1. The van der Waals surface area contributed by atoms with Gasteiger partial charge in [0.2, 0.25) is 0 Å². The van der Waals surface area contributed by atoms with Crippen LogP contribution < -0.4 is 5.32 Å². The van der Waals surface area contributed by atoms with Gasteiger partial charge in [0.15, 0.2) is 5.82 Å². The van der Waals surface area contributed by atoms with Crippen molar-refractivity contribution in [1.82, 2.24) is 9.97 Å². The summed E-state index contributed by atoms with van der Waals surface area (Å²) in [4.78, 5) is 19.9. The second-order valence-electron chi connectivity index (χ2n) is 5.12. The maximum Gasteiger partial charge on any atom is 0.341 e. The maximum absolute atomic E-state index is 11.4. The molecule has 1 aromatic heterocycles. The first-order chi connectivity index (χ1) is 11.1. The van der Waals surface area contributed by atoms with Crippen LogP contribution >= 0.6 is 0 Å². The highest BCUT2D eigenvalue weighted by atomic mass is 16.4. The number of hydrogen-bond acceptors (Lipinski definition) is 4. The molecule has 5 nitrogen and oxygen atoms in total. The maximum atomic E-state index is 11.4. The number of carbonyl (C=O) groups is 1. The standard InChI is InChI=1S/C18H15N3O2/c1-12-7-9-13(10-8-12)16-19-11-15(18(22)23)17(21-16)20-14-5-3-2-4-6-14/h2-11H,1H3,(H,22,23)(H,19,20,21). The van der Waals surface area contributed by atoms with Gasteiger partial charge in [-0.1, -0.05) is 48.0 Å². The molecule has 0 aliphatic rings. The molecule has 0 saturated heterocycles. The molecule has 0 fully saturated rings. The monoisotopic (exact) mass is 305 g/mol. The lowest BCUT2D eigenvalue weighted by molar-refractivity contribution is 0.0697. The fourth-order valence-corrected chi connectivity index (χ4v) is 2.13. The van der Waals surface area contributed by atoms with Crippen LogP contribution in [0.4, 0.5) is 11.5 Å². The number of rotatable bonds is 4. The zero-order valence-electron chi connectivity index (χ0n) is 12.5. The molecule has 23 heavy (non-hydrogen) atoms. The molecular weight excluding hydrogens is 290 g/mol. The zero-order valence-corrected chi connectivity index (χ0v) is 12.5. The van der Waals surface area contributed by atoms with Crippen LogP contribution in [-0.2, 0) is 0 Å². The summed E-state index contributed by atoms with van der Waals surface area (Å²) in [6.07, 6.45) is 1.33. The Morgan fingerprint density at radius 1 is 1.04 bits per heavy atom. The number of benzene rings is 2. The lowest BCUT2D eigenvalue weighted by Crippen LogP contribution is -2.07. The lowest BCUT2D eigenvalue weighted by atomic mass is 10.1. The molecule has 0 bridgehead atoms. The summed E-state index contributed by atoms with van der Waals surface area (Å²) in [6.45, 7) is 2.00. The van der Waals surface area contributed by atoms with Gasteiger partial charge in [-0.3, -0.25) is 0 Å². The third kappa shape index (κ3) is 3.35. The number of nitrogens with zero attached hydrogens (tertiary/aromatic N) is 2. The molecule has 0 aliphatic heterocycles. The normalized spacial score (nSPS) is 10.3. The van der Waals surface area contributed by atoms with Crippen molar-refractivity contribution in [2.75, 3.05) is 5.32 Å². The quantitative estimate of drug-likeness (QED) is 0.764. The Morgan fingerprint density at radius 2 is 1.74 bits per heavy atom. The second-order valence-corrected chi connectivity index (χ2v) is 5.12. The van der Waals surface area contributed by atoms with Crippen LogP contribution in [0.5, 0.6) is 0 Å². The topological polar surface area (TPSA) is 75.1 Å². The van der Waals surface area contributed by atoms with Crippen molar-refractivity contribution >= 4 is 17.5 Å². The van der Waals surface area contributed by atoms with Crippen LogP contribution in [0, 0.1) is 6.92 Å². The number of hydrogen-bond donors (Lipinski definition) is 2. The largest absolute Gasteiger partial charge is 0.477 e. The van der Waals surface area contributed by atoms with Gasteiger partial charge in [-0.2, -0.15) is 0 Å². The Balaban J connectivity index is 2.02. The Bertz CT molecular complexity index is 831. The van der Waals surface area contributed by atoms with E-state index in [0.717, 1.165) is 16.8 Å². The summed E-state index contributed by atoms with van der Waals surface area (Å²) < 4.78 is 0. The van der Waals surface area contributed by atoms with E-state index in [1.165, 1.54) is 6.20 Å². The summed E-state index contributed by atoms with van der Waals surface area (Å²) >= 11 is 0. The van der Waals surface area contributed by atoms with Crippen LogP contribution in [0.1, 0.15) is 15.9 Å². The first kappa shape index (κ1) is 14.7. The van der Waals surface area contributed by atoms with Gasteiger partial charge in [0, 0.05) is 17.4 Å². The Kier molecular flexibility index (Phi) is 4.01. The van der Waals surface area contributed by atoms with E-state index in [-0.39, 0.29) is 11.4 Å². The van der Waals surface area contributed by atoms with Gasteiger partial charge in [-0.25, -0.2) is 14.8 Å². The highest BCUT2D eigenvalue weighted by molar-refractivity contribution is 5.94. The number of nitrogens with one attached hydrogen (secondary N) is 1. The minimum atomic E-state index is -1.07. The van der Waals surface area contributed by atoms with E-state index < -0.39 is 5.97 Å². The van der Waals surface area contributed by atoms with E-state index in [4.69, 9.17) is 0 Å². The van der Waals surface area contributed by atoms with Gasteiger partial charge in [-0.15, -0.1) is 0 Å². The molecule has 0 unspecified atom stereocenters. The Morgan fingerprint density at radius 3 is 2.39 bits per heavy atom. The fraction of sp³-hybridized carbons (Fsp3) is 0.0556. The zero-order chi connectivity index (χ0) is 16.2. The average Bonchev–Trinajstić information content (AvgIpc) is 2.56. The number of para-hydroxylation sites is 1. The summed E-state index contributed by atoms with van der Waals surface area (Å²) in [5.41, 5.74) is 2.77. The van der Waals surface area contributed by atoms with E-state index in [1.807, 2.05) is 61.5 Å². The van der Waals surface area contributed by atoms with Crippen LogP contribution in [0.15, 0.2) is 60.8 Å². The van der Waals surface area contributed by atoms with Crippen molar-refractivity contribution in [3.8, 4) is 11.4 Å². The van der Waals surface area contributed by atoms with Crippen molar-refractivity contribution in [1.29, 1.82) is 0 Å². The highest BCUT2D eigenvalue weighted by Crippen LogP contribution is 2.22. The molecule has 0 amide bonds. The molecule has 0 radical (unpaired) electrons. The van der Waals surface area contributed by atoms with E-state index >= 15 is 0 Å². The molecule has 0 spiro atoms. The first-order valence-electron chi connectivity index (χ1n) is 7.13. The van der Waals surface area contributed by atoms with Crippen LogP contribution in [0.2, 0.25) is 0 Å². The number of aromatic nitrogens is 2. The minimum Gasteiger partial charge on any atom is -0.477 e. The third-order valence-corrected chi connectivity index (χ3v) is 3.37. The highest BCUT2D eigenvalue weighted by Gasteiger charge is 2.14. The van der Waals surface area contributed by atoms with Crippen LogP contribution in [0.3, 0.4) is 0 Å². The van der Waals surface area contributed by atoms with Crippen LogP contribution in [0.25, 0.3) is 11.4 Å². The smallest absolute Gasteiger partial charge is 0.341 e. The van der Waals surface area contributed by atoms with Gasteiger partial charge in [-0.05, 0) is 19.1 Å². The van der Waals surface area contributed by atoms with E-state index in [0.29, 0.717) is 5.82 Å². The fourth-order valence-electron chi connectivity index (χ4n) is 2.13. The molecule has 1 heterocycles. The van der Waals surface area contributed by atoms with Crippen molar-refractivity contribution in [2.45, 2.75) is 6.92 Å². The molecule has 0 atom stereocenters. The Hall–Kier alpha value is -3.21. The summed E-state index contributed by atoms with van der Waals surface area (Å²) in [5, 5.41) is 12.4. The van der Waals surface area contributed by atoms with Gasteiger partial charge in [0.1, 0.15) is 11.4 Å². The van der Waals surface area contributed by atoms with E-state index in [2.05, 4.69) is 15.3 Å².